The zero-order valence-corrected chi connectivity index (χ0v) is 28.2. The highest BCUT2D eigenvalue weighted by Crippen LogP contribution is 2.57. The molecule has 5 atom stereocenters. The molecule has 1 aromatic carbocycles. The smallest absolute Gasteiger partial charge is 0.312 e. The molecule has 0 aromatic heterocycles. The topological polar surface area (TPSA) is 133 Å². The summed E-state index contributed by atoms with van der Waals surface area (Å²) < 4.78 is 42.9. The van der Waals surface area contributed by atoms with E-state index in [1.807, 2.05) is 20.8 Å². The van der Waals surface area contributed by atoms with Crippen LogP contribution < -0.4 is 0 Å². The quantitative estimate of drug-likeness (QED) is 0.182. The largest absolute Gasteiger partial charge is 0.469 e. The van der Waals surface area contributed by atoms with Crippen LogP contribution in [0.2, 0.25) is 0 Å². The number of hydrogen-bond donors (Lipinski definition) is 0. The number of benzene rings is 1. The van der Waals surface area contributed by atoms with E-state index >= 15 is 0 Å². The van der Waals surface area contributed by atoms with E-state index in [0.29, 0.717) is 10.9 Å². The first-order valence-corrected chi connectivity index (χ1v) is 16.4. The van der Waals surface area contributed by atoms with Gasteiger partial charge in [-0.05, 0) is 62.8 Å². The molecule has 0 radical (unpaired) electrons. The minimum absolute atomic E-state index is 0.0719. The van der Waals surface area contributed by atoms with Gasteiger partial charge in [0, 0.05) is 23.9 Å². The molecule has 12 heteroatoms. The van der Waals surface area contributed by atoms with E-state index in [1.165, 1.54) is 24.1 Å². The van der Waals surface area contributed by atoms with Gasteiger partial charge in [0.2, 0.25) is 5.91 Å². The second kappa shape index (κ2) is 12.8. The van der Waals surface area contributed by atoms with E-state index in [2.05, 4.69) is 22.5 Å². The Kier molecular flexibility index (Phi) is 10.4. The number of esters is 2. The maximum atomic E-state index is 14.2. The van der Waals surface area contributed by atoms with E-state index in [1.54, 1.807) is 39.0 Å². The lowest BCUT2D eigenvalue weighted by molar-refractivity contribution is -0.161. The van der Waals surface area contributed by atoms with Crippen LogP contribution >= 0.6 is 15.9 Å². The Morgan fingerprint density at radius 2 is 1.72 bits per heavy atom. The summed E-state index contributed by atoms with van der Waals surface area (Å²) in [5.41, 5.74) is -2.55. The van der Waals surface area contributed by atoms with Gasteiger partial charge in [0.05, 0.1) is 41.9 Å². The average molecular weight is 685 g/mol. The van der Waals surface area contributed by atoms with E-state index < -0.39 is 68.2 Å². The number of rotatable bonds is 11. The molecule has 1 heterocycles. The zero-order valence-electron chi connectivity index (χ0n) is 25.8. The van der Waals surface area contributed by atoms with Gasteiger partial charge in [0.25, 0.3) is 10.1 Å². The van der Waals surface area contributed by atoms with Gasteiger partial charge in [-0.15, -0.1) is 6.58 Å². The van der Waals surface area contributed by atoms with E-state index in [-0.39, 0.29) is 36.6 Å². The van der Waals surface area contributed by atoms with Gasteiger partial charge in [0.15, 0.2) is 5.78 Å². The summed E-state index contributed by atoms with van der Waals surface area (Å²) in [6.07, 6.45) is 0.427. The van der Waals surface area contributed by atoms with Crippen molar-refractivity contribution in [2.24, 2.45) is 22.7 Å². The Morgan fingerprint density at radius 1 is 1.12 bits per heavy atom. The first kappa shape index (κ1) is 34.9. The fourth-order valence-electron chi connectivity index (χ4n) is 5.55. The van der Waals surface area contributed by atoms with Gasteiger partial charge in [0.1, 0.15) is 5.60 Å². The number of amides is 1. The van der Waals surface area contributed by atoms with Crippen LogP contribution in [0.25, 0.3) is 0 Å². The van der Waals surface area contributed by atoms with Gasteiger partial charge in [-0.25, -0.2) is 0 Å². The molecule has 10 nitrogen and oxygen atoms in total. The van der Waals surface area contributed by atoms with Crippen molar-refractivity contribution < 1.29 is 41.3 Å². The third-order valence-electron chi connectivity index (χ3n) is 7.92. The summed E-state index contributed by atoms with van der Waals surface area (Å²) in [6, 6.07) is 4.83. The lowest BCUT2D eigenvalue weighted by Gasteiger charge is -2.35. The average Bonchev–Trinajstić information content (AvgIpc) is 3.44. The van der Waals surface area contributed by atoms with E-state index in [4.69, 9.17) is 13.7 Å². The third-order valence-corrected chi connectivity index (χ3v) is 9.82. The van der Waals surface area contributed by atoms with Gasteiger partial charge in [-0.2, -0.15) is 8.42 Å². The number of methoxy groups -OCH3 is 1. The number of halogens is 1. The molecular weight excluding hydrogens is 642 g/mol. The molecule has 1 aliphatic heterocycles. The SMILES string of the molecule is C=C[C@@H]1C[C@]1(CC(=O)[C@@H]1C[C@H](OS(=O)(=O)c2ccc(Br)cc2)CN1C(=O)[C@@H](CC(=O)OC(C)(C)C)C(C)(C)C)C(=O)OC. The van der Waals surface area contributed by atoms with Crippen LogP contribution in [0.3, 0.4) is 0 Å². The standard InChI is InChI=1S/C31H42BrNO9S/c1-9-19-16-31(19,28(37)40-8)17-25(34)24-14-21(42-43(38,39)22-12-10-20(32)11-13-22)18-33(24)27(36)23(29(2,3)4)15-26(35)41-30(5,6)7/h9-13,19,21,23-24H,1,14-18H2,2-8H3/t19-,21+,23-,24+,31-/m1/s1. The molecule has 1 amide bonds. The van der Waals surface area contributed by atoms with Gasteiger partial charge < -0.3 is 14.4 Å². The highest BCUT2D eigenvalue weighted by atomic mass is 79.9. The van der Waals surface area contributed by atoms with E-state index in [9.17, 15) is 27.6 Å². The van der Waals surface area contributed by atoms with Crippen molar-refractivity contribution in [3.63, 3.8) is 0 Å². The Labute approximate surface area is 262 Å². The number of nitrogens with zero attached hydrogens (tertiary/aromatic N) is 1. The van der Waals surface area contributed by atoms with Crippen molar-refractivity contribution >= 4 is 49.7 Å². The summed E-state index contributed by atoms with van der Waals surface area (Å²) in [7, 11) is -2.98. The summed E-state index contributed by atoms with van der Waals surface area (Å²) >= 11 is 3.27. The van der Waals surface area contributed by atoms with E-state index in [0.717, 1.165) is 0 Å². The van der Waals surface area contributed by atoms with Crippen molar-refractivity contribution in [3.05, 3.63) is 41.4 Å². The molecule has 1 aromatic rings. The van der Waals surface area contributed by atoms with Gasteiger partial charge in [-0.3, -0.25) is 23.4 Å². The minimum Gasteiger partial charge on any atom is -0.469 e. The van der Waals surface area contributed by atoms with Crippen molar-refractivity contribution in [2.45, 2.75) is 89.9 Å². The number of carbonyl (C=O) groups excluding carboxylic acids is 4. The first-order chi connectivity index (χ1) is 19.7. The molecule has 0 unspecified atom stereocenters. The fourth-order valence-corrected chi connectivity index (χ4v) is 6.89. The molecule has 43 heavy (non-hydrogen) atoms. The van der Waals surface area contributed by atoms with Crippen LogP contribution in [0.5, 0.6) is 0 Å². The van der Waals surface area contributed by atoms with Gasteiger partial charge in [-0.1, -0.05) is 42.8 Å². The first-order valence-electron chi connectivity index (χ1n) is 14.2. The normalized spacial score (nSPS) is 24.7. The lowest BCUT2D eigenvalue weighted by Crippen LogP contribution is -2.48. The Balaban J connectivity index is 1.94. The third kappa shape index (κ3) is 8.33. The number of allylic oxidation sites excluding steroid dienone is 1. The number of likely N-dealkylation sites (tertiary alicyclic amines) is 1. The second-order valence-electron chi connectivity index (χ2n) is 13.4. The molecule has 2 fully saturated rings. The zero-order chi connectivity index (χ0) is 32.5. The minimum atomic E-state index is -4.23. The van der Waals surface area contributed by atoms with Crippen LogP contribution in [0.15, 0.2) is 46.3 Å². The van der Waals surface area contributed by atoms with Crippen LogP contribution in [0, 0.1) is 22.7 Å². The lowest BCUT2D eigenvalue weighted by atomic mass is 9.77. The van der Waals surface area contributed by atoms with Crippen molar-refractivity contribution in [3.8, 4) is 0 Å². The second-order valence-corrected chi connectivity index (χ2v) is 15.9. The molecule has 1 aliphatic carbocycles. The Bertz CT molecular complexity index is 1360. The monoisotopic (exact) mass is 683 g/mol. The predicted octanol–water partition coefficient (Wildman–Crippen LogP) is 4.84. The molecule has 0 bridgehead atoms. The fraction of sp³-hybridized carbons (Fsp3) is 0.613. The summed E-state index contributed by atoms with van der Waals surface area (Å²) in [5.74, 6) is -3.15. The Hall–Kier alpha value is -2.57. The highest BCUT2D eigenvalue weighted by molar-refractivity contribution is 9.10. The predicted molar refractivity (Wildman–Crippen MR) is 162 cm³/mol. The molecule has 0 N–H and O–H groups in total. The van der Waals surface area contributed by atoms with Crippen molar-refractivity contribution in [2.75, 3.05) is 13.7 Å². The number of ketones is 1. The van der Waals surface area contributed by atoms with Crippen molar-refractivity contribution in [1.82, 2.24) is 4.90 Å². The molecule has 238 valence electrons. The molecule has 0 spiro atoms. The van der Waals surface area contributed by atoms with Gasteiger partial charge >= 0.3 is 11.9 Å². The Morgan fingerprint density at radius 3 is 2.21 bits per heavy atom. The van der Waals surface area contributed by atoms with Crippen LogP contribution in [-0.4, -0.2) is 68.3 Å². The number of hydrogen-bond acceptors (Lipinski definition) is 9. The molecule has 1 saturated carbocycles. The highest BCUT2D eigenvalue weighted by Gasteiger charge is 2.61. The molecule has 1 saturated heterocycles. The van der Waals surface area contributed by atoms with Crippen LogP contribution in [0.4, 0.5) is 0 Å². The molecule has 2 aliphatic rings. The number of carbonyl (C=O) groups is 4. The summed E-state index contributed by atoms with van der Waals surface area (Å²) in [6.45, 7) is 14.2. The maximum absolute atomic E-state index is 14.2. The molecular formula is C31H42BrNO9S. The van der Waals surface area contributed by atoms with Crippen LogP contribution in [0.1, 0.15) is 67.2 Å². The number of ether oxygens (including phenoxy) is 2. The summed E-state index contributed by atoms with van der Waals surface area (Å²) in [5, 5.41) is 0. The van der Waals surface area contributed by atoms with Crippen molar-refractivity contribution in [1.29, 1.82) is 0 Å². The van der Waals surface area contributed by atoms with Crippen LogP contribution in [-0.2, 0) is 43.0 Å². The molecule has 3 rings (SSSR count). The summed E-state index contributed by atoms with van der Waals surface area (Å²) in [4.78, 5) is 54.8. The maximum Gasteiger partial charge on any atom is 0.312 e. The number of Topliss-reactive ketones (excluding diaryl/α,β-unsaturated/α-hetero) is 1.